The molecule has 1 atom stereocenters. The summed E-state index contributed by atoms with van der Waals surface area (Å²) in [6.45, 7) is 4.83. The summed E-state index contributed by atoms with van der Waals surface area (Å²) in [6.07, 6.45) is 0.307. The number of carbonyl (C=O) groups is 2. The summed E-state index contributed by atoms with van der Waals surface area (Å²) in [5.41, 5.74) is 0.960. The Morgan fingerprint density at radius 2 is 1.80 bits per heavy atom. The molecular weight excluding hydrogens is 322 g/mol. The molecule has 1 rings (SSSR count). The average molecular weight is 351 g/mol. The highest BCUT2D eigenvalue weighted by Crippen LogP contribution is 2.14. The monoisotopic (exact) mass is 351 g/mol. The maximum Gasteiger partial charge on any atom is 0.328 e. The lowest BCUT2D eigenvalue weighted by atomic mass is 10.0. The van der Waals surface area contributed by atoms with E-state index in [0.717, 1.165) is 11.4 Å². The fourth-order valence-corrected chi connectivity index (χ4v) is 2.49. The first-order valence-corrected chi connectivity index (χ1v) is 8.32. The van der Waals surface area contributed by atoms with Crippen molar-refractivity contribution in [3.63, 3.8) is 0 Å². The Bertz CT molecular complexity index is 546. The predicted molar refractivity (Wildman–Crippen MR) is 97.5 cm³/mol. The van der Waals surface area contributed by atoms with Gasteiger partial charge in [-0.3, -0.25) is 10.1 Å². The smallest absolute Gasteiger partial charge is 0.328 e. The van der Waals surface area contributed by atoms with Crippen molar-refractivity contribution in [3.8, 4) is 5.75 Å². The molecule has 2 N–H and O–H groups in total. The van der Waals surface area contributed by atoms with Gasteiger partial charge in [-0.1, -0.05) is 13.8 Å². The van der Waals surface area contributed by atoms with E-state index in [1.165, 1.54) is 12.0 Å². The maximum absolute atomic E-state index is 12.3. The Morgan fingerprint density at radius 1 is 1.16 bits per heavy atom. The van der Waals surface area contributed by atoms with Gasteiger partial charge in [-0.15, -0.1) is 0 Å². The SMILES string of the molecule is COC(=O)[C@H](C(C)C)N(C)C(=O)CCNCNc1ccc(OC)cc1. The second-order valence-electron chi connectivity index (χ2n) is 6.05. The van der Waals surface area contributed by atoms with Crippen LogP contribution in [0.25, 0.3) is 0 Å². The van der Waals surface area contributed by atoms with E-state index in [1.54, 1.807) is 14.2 Å². The molecule has 0 aliphatic rings. The molecule has 0 fully saturated rings. The Morgan fingerprint density at radius 3 is 2.32 bits per heavy atom. The number of nitrogens with zero attached hydrogens (tertiary/aromatic N) is 1. The number of benzene rings is 1. The van der Waals surface area contributed by atoms with Crippen LogP contribution in [0.5, 0.6) is 5.75 Å². The van der Waals surface area contributed by atoms with Gasteiger partial charge in [0, 0.05) is 25.7 Å². The van der Waals surface area contributed by atoms with Gasteiger partial charge in [-0.2, -0.15) is 0 Å². The van der Waals surface area contributed by atoms with Crippen LogP contribution in [0.3, 0.4) is 0 Å². The third-order valence-corrected chi connectivity index (χ3v) is 3.91. The van der Waals surface area contributed by atoms with Crippen LogP contribution in [0.4, 0.5) is 5.69 Å². The zero-order valence-electron chi connectivity index (χ0n) is 15.7. The van der Waals surface area contributed by atoms with Crippen LogP contribution in [0, 0.1) is 5.92 Å². The van der Waals surface area contributed by atoms with Gasteiger partial charge in [0.1, 0.15) is 11.8 Å². The first-order chi connectivity index (χ1) is 11.9. The van der Waals surface area contributed by atoms with Crippen LogP contribution in [0.1, 0.15) is 20.3 Å². The Kier molecular flexibility index (Phi) is 8.77. The number of carbonyl (C=O) groups excluding carboxylic acids is 2. The number of likely N-dealkylation sites (N-methyl/N-ethyl adjacent to an activating group) is 1. The number of rotatable bonds is 10. The van der Waals surface area contributed by atoms with Gasteiger partial charge >= 0.3 is 5.97 Å². The van der Waals surface area contributed by atoms with Crippen LogP contribution in [0.2, 0.25) is 0 Å². The molecule has 1 aromatic carbocycles. The Hall–Kier alpha value is -2.28. The van der Waals surface area contributed by atoms with E-state index < -0.39 is 6.04 Å². The molecule has 0 spiro atoms. The summed E-state index contributed by atoms with van der Waals surface area (Å²) in [4.78, 5) is 25.6. The summed E-state index contributed by atoms with van der Waals surface area (Å²) in [7, 11) is 4.60. The van der Waals surface area contributed by atoms with E-state index in [1.807, 2.05) is 38.1 Å². The molecule has 0 unspecified atom stereocenters. The normalized spacial score (nSPS) is 11.8. The molecule has 25 heavy (non-hydrogen) atoms. The van der Waals surface area contributed by atoms with E-state index in [4.69, 9.17) is 9.47 Å². The molecule has 0 aliphatic heterocycles. The van der Waals surface area contributed by atoms with E-state index in [2.05, 4.69) is 10.6 Å². The molecule has 0 aromatic heterocycles. The van der Waals surface area contributed by atoms with Crippen molar-refractivity contribution in [1.82, 2.24) is 10.2 Å². The van der Waals surface area contributed by atoms with Gasteiger partial charge in [0.15, 0.2) is 0 Å². The number of amides is 1. The lowest BCUT2D eigenvalue weighted by molar-refractivity contribution is -0.153. The molecule has 0 saturated heterocycles. The molecule has 0 heterocycles. The second kappa shape index (κ2) is 10.6. The Labute approximate surface area is 149 Å². The molecular formula is C18H29N3O4. The number of anilines is 1. The number of esters is 1. The van der Waals surface area contributed by atoms with E-state index in [0.29, 0.717) is 19.6 Å². The molecule has 1 aromatic rings. The highest BCUT2D eigenvalue weighted by atomic mass is 16.5. The summed E-state index contributed by atoms with van der Waals surface area (Å²) < 4.78 is 9.89. The van der Waals surface area contributed by atoms with Gasteiger partial charge in [-0.25, -0.2) is 4.79 Å². The highest BCUT2D eigenvalue weighted by molar-refractivity contribution is 5.84. The van der Waals surface area contributed by atoms with Crippen LogP contribution in [-0.4, -0.2) is 57.3 Å². The van der Waals surface area contributed by atoms with Gasteiger partial charge in [0.2, 0.25) is 5.91 Å². The molecule has 7 nitrogen and oxygen atoms in total. The molecule has 0 saturated carbocycles. The first kappa shape index (κ1) is 20.8. The number of methoxy groups -OCH3 is 2. The summed E-state index contributed by atoms with van der Waals surface area (Å²) >= 11 is 0. The summed E-state index contributed by atoms with van der Waals surface area (Å²) in [5.74, 6) is 0.310. The maximum atomic E-state index is 12.3. The van der Waals surface area contributed by atoms with Gasteiger partial charge < -0.3 is 19.7 Å². The standard InChI is InChI=1S/C18H29N3O4/c1-13(2)17(18(23)25-5)21(3)16(22)10-11-19-12-20-14-6-8-15(24-4)9-7-14/h6-9,13,17,19-20H,10-12H2,1-5H3/t17-/m0/s1. The van der Waals surface area contributed by atoms with Crippen molar-refractivity contribution in [1.29, 1.82) is 0 Å². The lowest BCUT2D eigenvalue weighted by Gasteiger charge is -2.29. The van der Waals surface area contributed by atoms with Crippen LogP contribution < -0.4 is 15.4 Å². The van der Waals surface area contributed by atoms with E-state index >= 15 is 0 Å². The third kappa shape index (κ3) is 6.62. The summed E-state index contributed by atoms with van der Waals surface area (Å²) in [6, 6.07) is 7.03. The lowest BCUT2D eigenvalue weighted by Crippen LogP contribution is -2.46. The third-order valence-electron chi connectivity index (χ3n) is 3.91. The minimum absolute atomic E-state index is 0.00824. The van der Waals surface area contributed by atoms with Crippen LogP contribution >= 0.6 is 0 Å². The van der Waals surface area contributed by atoms with Crippen LogP contribution in [0.15, 0.2) is 24.3 Å². The zero-order chi connectivity index (χ0) is 18.8. The van der Waals surface area contributed by atoms with Gasteiger partial charge in [-0.05, 0) is 30.2 Å². The van der Waals surface area contributed by atoms with Crippen molar-refractivity contribution < 1.29 is 19.1 Å². The largest absolute Gasteiger partial charge is 0.497 e. The minimum Gasteiger partial charge on any atom is -0.497 e. The minimum atomic E-state index is -0.560. The average Bonchev–Trinajstić information content (AvgIpc) is 2.61. The predicted octanol–water partition coefficient (Wildman–Crippen LogP) is 1.70. The molecule has 140 valence electrons. The summed E-state index contributed by atoms with van der Waals surface area (Å²) in [5, 5.41) is 6.36. The number of ether oxygens (including phenoxy) is 2. The fraction of sp³-hybridized carbons (Fsp3) is 0.556. The first-order valence-electron chi connectivity index (χ1n) is 8.32. The number of hydrogen-bond donors (Lipinski definition) is 2. The highest BCUT2D eigenvalue weighted by Gasteiger charge is 2.30. The molecule has 0 radical (unpaired) electrons. The van der Waals surface area contributed by atoms with Crippen molar-refractivity contribution in [2.24, 2.45) is 5.92 Å². The fourth-order valence-electron chi connectivity index (χ4n) is 2.49. The number of hydrogen-bond acceptors (Lipinski definition) is 6. The molecule has 7 heteroatoms. The molecule has 0 bridgehead atoms. The zero-order valence-corrected chi connectivity index (χ0v) is 15.7. The number of nitrogens with one attached hydrogen (secondary N) is 2. The Balaban J connectivity index is 2.34. The van der Waals surface area contributed by atoms with E-state index in [9.17, 15) is 9.59 Å². The van der Waals surface area contributed by atoms with Gasteiger partial charge in [0.25, 0.3) is 0 Å². The van der Waals surface area contributed by atoms with Crippen molar-refractivity contribution in [2.75, 3.05) is 39.8 Å². The van der Waals surface area contributed by atoms with Crippen molar-refractivity contribution >= 4 is 17.6 Å². The second-order valence-corrected chi connectivity index (χ2v) is 6.05. The molecule has 0 aliphatic carbocycles. The van der Waals surface area contributed by atoms with Crippen LogP contribution in [-0.2, 0) is 14.3 Å². The van der Waals surface area contributed by atoms with E-state index in [-0.39, 0.29) is 17.8 Å². The topological polar surface area (TPSA) is 79.9 Å². The quantitative estimate of drug-likeness (QED) is 0.379. The van der Waals surface area contributed by atoms with Crippen molar-refractivity contribution in [3.05, 3.63) is 24.3 Å². The molecule has 1 amide bonds. The van der Waals surface area contributed by atoms with Crippen molar-refractivity contribution in [2.45, 2.75) is 26.3 Å². The van der Waals surface area contributed by atoms with Gasteiger partial charge in [0.05, 0.1) is 20.9 Å².